The van der Waals surface area contributed by atoms with Gasteiger partial charge in [-0.2, -0.15) is 6.07 Å². The third-order valence-electron chi connectivity index (χ3n) is 0.795. The second kappa shape index (κ2) is 1.58. The fourth-order valence-corrected chi connectivity index (χ4v) is 0.407. The third-order valence-corrected chi connectivity index (χ3v) is 0.795. The molecule has 0 nitrogen and oxygen atoms in total. The molecule has 0 aliphatic heterocycles. The van der Waals surface area contributed by atoms with Crippen LogP contribution in [0.3, 0.4) is 0 Å². The summed E-state index contributed by atoms with van der Waals surface area (Å²) >= 11 is 0. The van der Waals surface area contributed by atoms with Gasteiger partial charge in [0.25, 0.3) is 0 Å². The maximum atomic E-state index is 11.7. The van der Waals surface area contributed by atoms with Crippen LogP contribution in [-0.4, -0.2) is 0 Å². The second-order valence-electron chi connectivity index (χ2n) is 1.34. The van der Waals surface area contributed by atoms with Gasteiger partial charge in [-0.1, -0.05) is 0 Å². The molecule has 0 aliphatic carbocycles. The normalized spacial score (nSPS) is 9.88. The molecule has 0 radical (unpaired) electrons. The summed E-state index contributed by atoms with van der Waals surface area (Å²) in [5, 5.41) is 0. The van der Waals surface area contributed by atoms with E-state index in [-0.39, 0.29) is 0 Å². The number of hydrogen-bond acceptors (Lipinski definition) is 0. The van der Waals surface area contributed by atoms with Gasteiger partial charge in [0.05, 0.1) is 5.82 Å². The predicted molar refractivity (Wildman–Crippen MR) is 21.9 cm³/mol. The van der Waals surface area contributed by atoms with Crippen molar-refractivity contribution >= 4 is 0 Å². The Hall–Kier alpha value is -0.860. The lowest BCUT2D eigenvalue weighted by Crippen LogP contribution is -1.74. The summed E-state index contributed by atoms with van der Waals surface area (Å²) in [6.07, 6.45) is 0. The first-order valence-electron chi connectivity index (χ1n) is 1.98. The Morgan fingerprint density at radius 2 is 2.00 bits per heavy atom. The van der Waals surface area contributed by atoms with Crippen LogP contribution in [0.5, 0.6) is 0 Å². The molecule has 0 aromatic heterocycles. The third kappa shape index (κ3) is 0.598. The average molecular weight is 119 g/mol. The Morgan fingerprint density at radius 1 is 1.38 bits per heavy atom. The SMILES string of the molecule is Fc1cc[c-](F)c1F. The largest absolute Gasteiger partial charge is 0.294 e. The molecule has 0 N–H and O–H groups in total. The van der Waals surface area contributed by atoms with Crippen molar-refractivity contribution in [3.63, 3.8) is 0 Å². The fraction of sp³-hybridized carbons (Fsp3) is 0. The van der Waals surface area contributed by atoms with Gasteiger partial charge in [-0.05, 0) is 0 Å². The first-order chi connectivity index (χ1) is 3.72. The maximum Gasteiger partial charge on any atom is 0.0724 e. The molecule has 1 aromatic rings. The lowest BCUT2D eigenvalue weighted by Gasteiger charge is -1.87. The lowest BCUT2D eigenvalue weighted by atomic mass is 10.6. The highest BCUT2D eigenvalue weighted by Crippen LogP contribution is 2.09. The summed E-state index contributed by atoms with van der Waals surface area (Å²) in [6, 6.07) is 1.48. The van der Waals surface area contributed by atoms with Gasteiger partial charge in [0, 0.05) is 11.6 Å². The zero-order valence-corrected chi connectivity index (χ0v) is 3.79. The van der Waals surface area contributed by atoms with Crippen LogP contribution < -0.4 is 0 Å². The van der Waals surface area contributed by atoms with Gasteiger partial charge in [-0.15, -0.1) is 6.07 Å². The first-order valence-corrected chi connectivity index (χ1v) is 1.98. The van der Waals surface area contributed by atoms with E-state index in [1.54, 1.807) is 0 Å². The van der Waals surface area contributed by atoms with Crippen molar-refractivity contribution in [1.82, 2.24) is 0 Å². The number of halogens is 3. The van der Waals surface area contributed by atoms with Gasteiger partial charge < -0.3 is 0 Å². The van der Waals surface area contributed by atoms with Gasteiger partial charge in [0.2, 0.25) is 0 Å². The smallest absolute Gasteiger partial charge is 0.0724 e. The highest BCUT2D eigenvalue weighted by Gasteiger charge is 1.94. The van der Waals surface area contributed by atoms with Crippen molar-refractivity contribution in [2.24, 2.45) is 0 Å². The van der Waals surface area contributed by atoms with E-state index in [1.165, 1.54) is 0 Å². The van der Waals surface area contributed by atoms with E-state index in [4.69, 9.17) is 0 Å². The standard InChI is InChI=1S/C5H2F3/c6-3-1-2-4(7)5(3)8/h1-2H/q-1. The Kier molecular flexibility index (Phi) is 1.04. The van der Waals surface area contributed by atoms with Gasteiger partial charge in [-0.3, -0.25) is 8.78 Å². The summed E-state index contributed by atoms with van der Waals surface area (Å²) in [5.41, 5.74) is 0. The minimum Gasteiger partial charge on any atom is -0.294 e. The molecule has 1 rings (SSSR count). The van der Waals surface area contributed by atoms with Crippen molar-refractivity contribution in [3.8, 4) is 0 Å². The van der Waals surface area contributed by atoms with Crippen LogP contribution in [0.2, 0.25) is 0 Å². The van der Waals surface area contributed by atoms with Gasteiger partial charge in [0.1, 0.15) is 0 Å². The van der Waals surface area contributed by atoms with E-state index < -0.39 is 17.5 Å². The van der Waals surface area contributed by atoms with Crippen molar-refractivity contribution in [2.45, 2.75) is 0 Å². The fourth-order valence-electron chi connectivity index (χ4n) is 0.407. The van der Waals surface area contributed by atoms with Crippen LogP contribution in [0, 0.1) is 17.5 Å². The molecule has 0 amide bonds. The van der Waals surface area contributed by atoms with Crippen LogP contribution in [-0.2, 0) is 0 Å². The molecular formula is C5H2F3-. The molecule has 0 unspecified atom stereocenters. The molecule has 0 aliphatic rings. The minimum absolute atomic E-state index is 0.741. The predicted octanol–water partition coefficient (Wildman–Crippen LogP) is 1.82. The highest BCUT2D eigenvalue weighted by atomic mass is 19.2. The quantitative estimate of drug-likeness (QED) is 0.457. The van der Waals surface area contributed by atoms with E-state index in [0.29, 0.717) is 0 Å². The zero-order chi connectivity index (χ0) is 6.15. The van der Waals surface area contributed by atoms with Gasteiger partial charge >= 0.3 is 0 Å². The van der Waals surface area contributed by atoms with Crippen molar-refractivity contribution in [2.75, 3.05) is 0 Å². The second-order valence-corrected chi connectivity index (χ2v) is 1.34. The summed E-state index contributed by atoms with van der Waals surface area (Å²) in [6.45, 7) is 0. The molecule has 0 spiro atoms. The number of rotatable bonds is 0. The molecule has 0 saturated carbocycles. The van der Waals surface area contributed by atoms with Crippen LogP contribution in [0.4, 0.5) is 13.2 Å². The molecule has 0 heterocycles. The number of hydrogen-bond donors (Lipinski definition) is 0. The molecule has 1 aromatic carbocycles. The molecular weight excluding hydrogens is 117 g/mol. The Balaban J connectivity index is 3.19. The highest BCUT2D eigenvalue weighted by molar-refractivity contribution is 5.09. The summed E-state index contributed by atoms with van der Waals surface area (Å²) < 4.78 is 35.2. The molecule has 8 heavy (non-hydrogen) atoms. The van der Waals surface area contributed by atoms with Crippen LogP contribution in [0.25, 0.3) is 0 Å². The maximum absolute atomic E-state index is 11.7. The van der Waals surface area contributed by atoms with E-state index in [2.05, 4.69) is 0 Å². The molecule has 0 atom stereocenters. The van der Waals surface area contributed by atoms with E-state index >= 15 is 0 Å². The summed E-state index contributed by atoms with van der Waals surface area (Å²) in [4.78, 5) is 0. The Bertz CT molecular complexity index is 170. The summed E-state index contributed by atoms with van der Waals surface area (Å²) in [5.74, 6) is -3.67. The Labute approximate surface area is 43.9 Å². The Morgan fingerprint density at radius 3 is 2.12 bits per heavy atom. The van der Waals surface area contributed by atoms with E-state index in [9.17, 15) is 13.2 Å². The zero-order valence-electron chi connectivity index (χ0n) is 3.79. The first kappa shape index (κ1) is 5.28. The van der Waals surface area contributed by atoms with Gasteiger partial charge in [-0.25, -0.2) is 4.39 Å². The van der Waals surface area contributed by atoms with Crippen molar-refractivity contribution < 1.29 is 13.2 Å². The monoisotopic (exact) mass is 119 g/mol. The molecule has 0 bridgehead atoms. The molecule has 0 saturated heterocycles. The van der Waals surface area contributed by atoms with Crippen LogP contribution >= 0.6 is 0 Å². The summed E-state index contributed by atoms with van der Waals surface area (Å²) in [7, 11) is 0. The van der Waals surface area contributed by atoms with Gasteiger partial charge in [0.15, 0.2) is 0 Å². The van der Waals surface area contributed by atoms with E-state index in [1.807, 2.05) is 0 Å². The lowest BCUT2D eigenvalue weighted by molar-refractivity contribution is 0.462. The van der Waals surface area contributed by atoms with E-state index in [0.717, 1.165) is 12.1 Å². The molecule has 0 fully saturated rings. The molecule has 3 heteroatoms. The average Bonchev–Trinajstić information content (AvgIpc) is 1.98. The van der Waals surface area contributed by atoms with Crippen LogP contribution in [0.1, 0.15) is 0 Å². The minimum atomic E-state index is -1.40. The van der Waals surface area contributed by atoms with Crippen LogP contribution in [0.15, 0.2) is 12.1 Å². The van der Waals surface area contributed by atoms with Crippen molar-refractivity contribution in [3.05, 3.63) is 29.6 Å². The topological polar surface area (TPSA) is 0 Å². The molecule has 44 valence electrons. The van der Waals surface area contributed by atoms with Crippen molar-refractivity contribution in [1.29, 1.82) is 0 Å².